The van der Waals surface area contributed by atoms with Gasteiger partial charge in [-0.25, -0.2) is 0 Å². The molecular weight excluding hydrogens is 288 g/mol. The Morgan fingerprint density at radius 3 is 2.81 bits per heavy atom. The lowest BCUT2D eigenvalue weighted by Crippen LogP contribution is -2.40. The molecule has 0 aliphatic carbocycles. The summed E-state index contributed by atoms with van der Waals surface area (Å²) < 4.78 is 1.05. The quantitative estimate of drug-likeness (QED) is 0.878. The molecule has 1 heterocycles. The fourth-order valence-electron chi connectivity index (χ4n) is 1.37. The van der Waals surface area contributed by atoms with E-state index >= 15 is 0 Å². The van der Waals surface area contributed by atoms with Crippen molar-refractivity contribution in [2.45, 2.75) is 32.9 Å². The van der Waals surface area contributed by atoms with Gasteiger partial charge < -0.3 is 11.1 Å². The van der Waals surface area contributed by atoms with Crippen LogP contribution in [0.25, 0.3) is 0 Å². The van der Waals surface area contributed by atoms with Gasteiger partial charge in [0.05, 0.1) is 12.6 Å². The van der Waals surface area contributed by atoms with Gasteiger partial charge in [-0.2, -0.15) is 0 Å². The average molecular weight is 305 g/mol. The number of hydrogen-bond donors (Lipinski definition) is 2. The van der Waals surface area contributed by atoms with E-state index in [2.05, 4.69) is 35.1 Å². The van der Waals surface area contributed by atoms with Crippen molar-refractivity contribution >= 4 is 33.2 Å². The molecule has 1 aromatic rings. The van der Waals surface area contributed by atoms with E-state index in [1.165, 1.54) is 0 Å². The lowest BCUT2D eigenvalue weighted by molar-refractivity contribution is -0.122. The first-order valence-electron chi connectivity index (χ1n) is 5.25. The molecule has 0 aliphatic heterocycles. The SMILES string of the molecule is CC(C)CC(N)C(=O)NCc1cc(Br)cs1. The number of nitrogens with one attached hydrogen (secondary N) is 1. The zero-order valence-electron chi connectivity index (χ0n) is 9.50. The van der Waals surface area contributed by atoms with Gasteiger partial charge in [-0.3, -0.25) is 4.79 Å². The Bertz CT molecular complexity index is 352. The topological polar surface area (TPSA) is 55.1 Å². The summed E-state index contributed by atoms with van der Waals surface area (Å²) in [5.74, 6) is 0.370. The lowest BCUT2D eigenvalue weighted by Gasteiger charge is -2.13. The zero-order valence-corrected chi connectivity index (χ0v) is 11.9. The van der Waals surface area contributed by atoms with Crippen LogP contribution in [0.4, 0.5) is 0 Å². The molecule has 16 heavy (non-hydrogen) atoms. The van der Waals surface area contributed by atoms with Gasteiger partial charge in [0.25, 0.3) is 0 Å². The van der Waals surface area contributed by atoms with Gasteiger partial charge in [-0.1, -0.05) is 13.8 Å². The molecule has 0 aliphatic rings. The molecule has 3 N–H and O–H groups in total. The van der Waals surface area contributed by atoms with Crippen LogP contribution in [0.3, 0.4) is 0 Å². The van der Waals surface area contributed by atoms with Crippen LogP contribution >= 0.6 is 27.3 Å². The number of carbonyl (C=O) groups is 1. The first-order valence-corrected chi connectivity index (χ1v) is 6.92. The van der Waals surface area contributed by atoms with Crippen molar-refractivity contribution in [3.05, 3.63) is 20.8 Å². The average Bonchev–Trinajstić information content (AvgIpc) is 2.59. The monoisotopic (exact) mass is 304 g/mol. The summed E-state index contributed by atoms with van der Waals surface area (Å²) >= 11 is 4.99. The molecule has 1 rings (SSSR count). The van der Waals surface area contributed by atoms with Crippen molar-refractivity contribution < 1.29 is 4.79 Å². The van der Waals surface area contributed by atoms with E-state index in [9.17, 15) is 4.79 Å². The van der Waals surface area contributed by atoms with E-state index in [1.807, 2.05) is 11.4 Å². The molecule has 0 radical (unpaired) electrons. The Balaban J connectivity index is 2.35. The molecule has 1 unspecified atom stereocenters. The summed E-state index contributed by atoms with van der Waals surface area (Å²) in [6.07, 6.45) is 0.722. The summed E-state index contributed by atoms with van der Waals surface area (Å²) in [6.45, 7) is 4.67. The number of thiophene rings is 1. The Labute approximate surface area is 109 Å². The number of rotatable bonds is 5. The molecule has 90 valence electrons. The maximum absolute atomic E-state index is 11.6. The Morgan fingerprint density at radius 2 is 2.31 bits per heavy atom. The van der Waals surface area contributed by atoms with Gasteiger partial charge in [-0.15, -0.1) is 11.3 Å². The third-order valence-corrected chi connectivity index (χ3v) is 3.82. The molecule has 0 bridgehead atoms. The zero-order chi connectivity index (χ0) is 12.1. The van der Waals surface area contributed by atoms with E-state index in [0.717, 1.165) is 15.8 Å². The summed E-state index contributed by atoms with van der Waals surface area (Å²) in [6, 6.07) is 1.60. The first kappa shape index (κ1) is 13.7. The molecule has 0 spiro atoms. The van der Waals surface area contributed by atoms with Gasteiger partial charge >= 0.3 is 0 Å². The second kappa shape index (κ2) is 6.37. The van der Waals surface area contributed by atoms with Crippen molar-refractivity contribution in [3.8, 4) is 0 Å². The molecule has 0 aromatic carbocycles. The van der Waals surface area contributed by atoms with Crippen molar-refractivity contribution in [1.29, 1.82) is 0 Å². The highest BCUT2D eigenvalue weighted by molar-refractivity contribution is 9.10. The minimum Gasteiger partial charge on any atom is -0.350 e. The predicted molar refractivity (Wildman–Crippen MR) is 71.3 cm³/mol. The third-order valence-electron chi connectivity index (χ3n) is 2.12. The molecule has 3 nitrogen and oxygen atoms in total. The van der Waals surface area contributed by atoms with Gasteiger partial charge in [-0.05, 0) is 34.3 Å². The molecule has 1 aromatic heterocycles. The number of amides is 1. The molecule has 0 saturated heterocycles. The molecule has 5 heteroatoms. The van der Waals surface area contributed by atoms with Crippen molar-refractivity contribution in [1.82, 2.24) is 5.32 Å². The summed E-state index contributed by atoms with van der Waals surface area (Å²) in [5.41, 5.74) is 5.77. The molecule has 1 atom stereocenters. The standard InChI is InChI=1S/C11H17BrN2OS/c1-7(2)3-10(13)11(15)14-5-9-4-8(12)6-16-9/h4,6-7,10H,3,5,13H2,1-2H3,(H,14,15). The maximum Gasteiger partial charge on any atom is 0.237 e. The van der Waals surface area contributed by atoms with E-state index in [4.69, 9.17) is 5.73 Å². The number of carbonyl (C=O) groups excluding carboxylic acids is 1. The normalized spacial score (nSPS) is 12.8. The lowest BCUT2D eigenvalue weighted by atomic mass is 10.0. The minimum absolute atomic E-state index is 0.0711. The van der Waals surface area contributed by atoms with Crippen LogP contribution in [0.15, 0.2) is 15.9 Å². The molecule has 0 fully saturated rings. The van der Waals surface area contributed by atoms with Crippen LogP contribution < -0.4 is 11.1 Å². The smallest absolute Gasteiger partial charge is 0.237 e. The number of hydrogen-bond acceptors (Lipinski definition) is 3. The van der Waals surface area contributed by atoms with E-state index in [1.54, 1.807) is 11.3 Å². The predicted octanol–water partition coefficient (Wildman–Crippen LogP) is 2.50. The maximum atomic E-state index is 11.6. The first-order chi connectivity index (χ1) is 7.49. The third kappa shape index (κ3) is 4.63. The second-order valence-corrected chi connectivity index (χ2v) is 6.10. The number of nitrogens with two attached hydrogens (primary N) is 1. The van der Waals surface area contributed by atoms with Crippen LogP contribution in [0.5, 0.6) is 0 Å². The fraction of sp³-hybridized carbons (Fsp3) is 0.545. The largest absolute Gasteiger partial charge is 0.350 e. The molecule has 0 saturated carbocycles. The van der Waals surface area contributed by atoms with Gasteiger partial charge in [0.1, 0.15) is 0 Å². The van der Waals surface area contributed by atoms with Crippen molar-refractivity contribution in [2.75, 3.05) is 0 Å². The highest BCUT2D eigenvalue weighted by Gasteiger charge is 2.14. The van der Waals surface area contributed by atoms with Crippen LogP contribution in [-0.2, 0) is 11.3 Å². The van der Waals surface area contributed by atoms with Crippen molar-refractivity contribution in [2.24, 2.45) is 11.7 Å². The van der Waals surface area contributed by atoms with Crippen molar-refractivity contribution in [3.63, 3.8) is 0 Å². The van der Waals surface area contributed by atoms with Crippen LogP contribution in [0.2, 0.25) is 0 Å². The van der Waals surface area contributed by atoms with Gasteiger partial charge in [0.15, 0.2) is 0 Å². The van der Waals surface area contributed by atoms with Crippen LogP contribution in [0, 0.1) is 5.92 Å². The van der Waals surface area contributed by atoms with Crippen LogP contribution in [-0.4, -0.2) is 11.9 Å². The molecular formula is C11H17BrN2OS. The fourth-order valence-corrected chi connectivity index (χ4v) is 2.76. The molecule has 1 amide bonds. The Morgan fingerprint density at radius 1 is 1.62 bits per heavy atom. The highest BCUT2D eigenvalue weighted by atomic mass is 79.9. The van der Waals surface area contributed by atoms with Crippen LogP contribution in [0.1, 0.15) is 25.1 Å². The van der Waals surface area contributed by atoms with Gasteiger partial charge in [0.2, 0.25) is 5.91 Å². The summed E-state index contributed by atoms with van der Waals surface area (Å²) in [7, 11) is 0. The van der Waals surface area contributed by atoms with Gasteiger partial charge in [0, 0.05) is 14.7 Å². The number of halogens is 1. The Hall–Kier alpha value is -0.390. The minimum atomic E-state index is -0.400. The second-order valence-electron chi connectivity index (χ2n) is 4.19. The van der Waals surface area contributed by atoms with E-state index < -0.39 is 6.04 Å². The van der Waals surface area contributed by atoms with E-state index in [0.29, 0.717) is 12.5 Å². The summed E-state index contributed by atoms with van der Waals surface area (Å²) in [5, 5.41) is 4.84. The summed E-state index contributed by atoms with van der Waals surface area (Å²) in [4.78, 5) is 12.7. The highest BCUT2D eigenvalue weighted by Crippen LogP contribution is 2.19. The Kier molecular flexibility index (Phi) is 5.44. The van der Waals surface area contributed by atoms with E-state index in [-0.39, 0.29) is 5.91 Å².